The molecule has 0 spiro atoms. The van der Waals surface area contributed by atoms with E-state index in [0.717, 1.165) is 5.69 Å². The number of carbonyl (C=O) groups is 1. The molecular weight excluding hydrogens is 360 g/mol. The normalized spacial score (nSPS) is 12.0. The number of carbonyl (C=O) groups excluding carboxylic acids is 1. The molecule has 0 saturated carbocycles. The molecule has 28 heavy (non-hydrogen) atoms. The summed E-state index contributed by atoms with van der Waals surface area (Å²) in [6, 6.07) is 11.0. The summed E-state index contributed by atoms with van der Waals surface area (Å²) < 4.78 is 17.9. The number of hydrogen-bond donors (Lipinski definition) is 1. The van der Waals surface area contributed by atoms with Gasteiger partial charge in [0.1, 0.15) is 12.4 Å². The van der Waals surface area contributed by atoms with Gasteiger partial charge in [0.15, 0.2) is 17.3 Å². The van der Waals surface area contributed by atoms with Crippen LogP contribution in [0.4, 0.5) is 0 Å². The van der Waals surface area contributed by atoms with E-state index in [1.165, 1.54) is 0 Å². The van der Waals surface area contributed by atoms with Gasteiger partial charge in [0, 0.05) is 12.3 Å². The monoisotopic (exact) mass is 380 g/mol. The van der Waals surface area contributed by atoms with Crippen LogP contribution in [0.3, 0.4) is 0 Å². The van der Waals surface area contributed by atoms with Crippen LogP contribution in [-0.4, -0.2) is 40.6 Å². The molecule has 0 aliphatic carbocycles. The third kappa shape index (κ3) is 3.62. The maximum atomic E-state index is 12.6. The highest BCUT2D eigenvalue weighted by Crippen LogP contribution is 2.34. The van der Waals surface area contributed by atoms with Crippen LogP contribution < -0.4 is 19.5 Å². The molecule has 3 aromatic rings. The standard InChI is InChI=1S/C20H20N4O4/c1-2-16-15(12-23-24(16)19-5-3-4-8-21-19)20(25)22-9-10-26-14-6-7-17-18(11-14)28-13-27-17/h3-8,11-12H,2,9-10,13H2,1H3,(H,22,25). The van der Waals surface area contributed by atoms with Crippen LogP contribution in [0.15, 0.2) is 48.8 Å². The Morgan fingerprint density at radius 2 is 2.14 bits per heavy atom. The highest BCUT2D eigenvalue weighted by molar-refractivity contribution is 5.95. The van der Waals surface area contributed by atoms with Crippen molar-refractivity contribution in [3.8, 4) is 23.1 Å². The van der Waals surface area contributed by atoms with Crippen LogP contribution >= 0.6 is 0 Å². The zero-order valence-corrected chi connectivity index (χ0v) is 15.4. The van der Waals surface area contributed by atoms with Gasteiger partial charge in [-0.1, -0.05) is 13.0 Å². The van der Waals surface area contributed by atoms with Crippen molar-refractivity contribution in [2.75, 3.05) is 19.9 Å². The van der Waals surface area contributed by atoms with Crippen molar-refractivity contribution in [1.82, 2.24) is 20.1 Å². The second kappa shape index (κ2) is 7.99. The molecule has 0 saturated heterocycles. The topological polar surface area (TPSA) is 87.5 Å². The van der Waals surface area contributed by atoms with Crippen LogP contribution in [0.2, 0.25) is 0 Å². The number of ether oxygens (including phenoxy) is 3. The lowest BCUT2D eigenvalue weighted by Crippen LogP contribution is -2.28. The molecule has 1 amide bonds. The van der Waals surface area contributed by atoms with Gasteiger partial charge in [0.05, 0.1) is 24.0 Å². The SMILES string of the molecule is CCc1c(C(=O)NCCOc2ccc3c(c2)OCO3)cnn1-c1ccccn1. The Morgan fingerprint density at radius 3 is 2.96 bits per heavy atom. The fourth-order valence-corrected chi connectivity index (χ4v) is 2.98. The third-order valence-electron chi connectivity index (χ3n) is 4.32. The Bertz CT molecular complexity index is 972. The molecule has 4 rings (SSSR count). The largest absolute Gasteiger partial charge is 0.492 e. The second-order valence-electron chi connectivity index (χ2n) is 6.08. The molecule has 0 bridgehead atoms. The first-order valence-electron chi connectivity index (χ1n) is 9.05. The molecule has 1 aromatic carbocycles. The molecule has 0 radical (unpaired) electrons. The lowest BCUT2D eigenvalue weighted by Gasteiger charge is -2.09. The third-order valence-corrected chi connectivity index (χ3v) is 4.32. The van der Waals surface area contributed by atoms with E-state index >= 15 is 0 Å². The fraction of sp³-hybridized carbons (Fsp3) is 0.250. The first-order chi connectivity index (χ1) is 13.8. The number of fused-ring (bicyclic) bond motifs is 1. The Morgan fingerprint density at radius 1 is 1.25 bits per heavy atom. The number of nitrogens with zero attached hydrogens (tertiary/aromatic N) is 3. The molecule has 1 aliphatic heterocycles. The van der Waals surface area contributed by atoms with Gasteiger partial charge in [-0.3, -0.25) is 4.79 Å². The summed E-state index contributed by atoms with van der Waals surface area (Å²) in [5, 5.41) is 7.19. The second-order valence-corrected chi connectivity index (χ2v) is 6.08. The van der Waals surface area contributed by atoms with E-state index in [1.807, 2.05) is 25.1 Å². The Kier molecular flexibility index (Phi) is 5.09. The van der Waals surface area contributed by atoms with E-state index in [0.29, 0.717) is 48.2 Å². The van der Waals surface area contributed by atoms with E-state index in [4.69, 9.17) is 14.2 Å². The highest BCUT2D eigenvalue weighted by atomic mass is 16.7. The first kappa shape index (κ1) is 17.8. The smallest absolute Gasteiger partial charge is 0.254 e. The summed E-state index contributed by atoms with van der Waals surface area (Å²) in [5.41, 5.74) is 1.35. The molecule has 0 fully saturated rings. The number of benzene rings is 1. The zero-order chi connectivity index (χ0) is 19.3. The van der Waals surface area contributed by atoms with Crippen LogP contribution in [0, 0.1) is 0 Å². The molecule has 144 valence electrons. The van der Waals surface area contributed by atoms with Gasteiger partial charge >= 0.3 is 0 Å². The molecular formula is C20H20N4O4. The van der Waals surface area contributed by atoms with Crippen LogP contribution in [0.1, 0.15) is 23.0 Å². The van der Waals surface area contributed by atoms with Crippen molar-refractivity contribution in [1.29, 1.82) is 0 Å². The summed E-state index contributed by atoms with van der Waals surface area (Å²) in [6.07, 6.45) is 3.93. The van der Waals surface area contributed by atoms with Crippen LogP contribution in [-0.2, 0) is 6.42 Å². The maximum Gasteiger partial charge on any atom is 0.254 e. The molecule has 0 unspecified atom stereocenters. The number of pyridine rings is 1. The van der Waals surface area contributed by atoms with Gasteiger partial charge in [-0.25, -0.2) is 9.67 Å². The average molecular weight is 380 g/mol. The van der Waals surface area contributed by atoms with Gasteiger partial charge in [-0.15, -0.1) is 0 Å². The zero-order valence-electron chi connectivity index (χ0n) is 15.4. The van der Waals surface area contributed by atoms with Gasteiger partial charge in [-0.2, -0.15) is 5.10 Å². The van der Waals surface area contributed by atoms with Crippen molar-refractivity contribution < 1.29 is 19.0 Å². The molecule has 8 nitrogen and oxygen atoms in total. The fourth-order valence-electron chi connectivity index (χ4n) is 2.98. The van der Waals surface area contributed by atoms with E-state index in [2.05, 4.69) is 15.4 Å². The van der Waals surface area contributed by atoms with Crippen LogP contribution in [0.5, 0.6) is 17.2 Å². The quantitative estimate of drug-likeness (QED) is 0.633. The predicted molar refractivity (Wildman–Crippen MR) is 101 cm³/mol. The Hall–Kier alpha value is -3.55. The van der Waals surface area contributed by atoms with Crippen molar-refractivity contribution in [3.05, 3.63) is 60.0 Å². The molecule has 3 heterocycles. The van der Waals surface area contributed by atoms with Crippen molar-refractivity contribution in [3.63, 3.8) is 0 Å². The lowest BCUT2D eigenvalue weighted by molar-refractivity contribution is 0.0946. The summed E-state index contributed by atoms with van der Waals surface area (Å²) in [7, 11) is 0. The molecule has 1 N–H and O–H groups in total. The summed E-state index contributed by atoms with van der Waals surface area (Å²) in [4.78, 5) is 16.9. The number of amides is 1. The maximum absolute atomic E-state index is 12.6. The summed E-state index contributed by atoms with van der Waals surface area (Å²) >= 11 is 0. The Balaban J connectivity index is 1.35. The molecule has 0 atom stereocenters. The minimum absolute atomic E-state index is 0.187. The molecule has 8 heteroatoms. The van der Waals surface area contributed by atoms with E-state index in [-0.39, 0.29) is 12.7 Å². The number of aromatic nitrogens is 3. The van der Waals surface area contributed by atoms with Crippen molar-refractivity contribution in [2.24, 2.45) is 0 Å². The minimum atomic E-state index is -0.187. The number of rotatable bonds is 7. The van der Waals surface area contributed by atoms with E-state index in [1.54, 1.807) is 35.3 Å². The van der Waals surface area contributed by atoms with Crippen LogP contribution in [0.25, 0.3) is 5.82 Å². The molecule has 2 aromatic heterocycles. The highest BCUT2D eigenvalue weighted by Gasteiger charge is 2.17. The van der Waals surface area contributed by atoms with Gasteiger partial charge in [0.25, 0.3) is 5.91 Å². The first-order valence-corrected chi connectivity index (χ1v) is 9.05. The summed E-state index contributed by atoms with van der Waals surface area (Å²) in [5.74, 6) is 2.53. The average Bonchev–Trinajstić information content (AvgIpc) is 3.37. The summed E-state index contributed by atoms with van der Waals surface area (Å²) in [6.45, 7) is 2.91. The lowest BCUT2D eigenvalue weighted by atomic mass is 10.2. The van der Waals surface area contributed by atoms with E-state index < -0.39 is 0 Å². The number of hydrogen-bond acceptors (Lipinski definition) is 6. The molecule has 1 aliphatic rings. The van der Waals surface area contributed by atoms with Gasteiger partial charge < -0.3 is 19.5 Å². The van der Waals surface area contributed by atoms with Gasteiger partial charge in [0.2, 0.25) is 6.79 Å². The Labute approximate surface area is 162 Å². The van der Waals surface area contributed by atoms with Crippen molar-refractivity contribution in [2.45, 2.75) is 13.3 Å². The van der Waals surface area contributed by atoms with E-state index in [9.17, 15) is 4.79 Å². The van der Waals surface area contributed by atoms with Crippen molar-refractivity contribution >= 4 is 5.91 Å². The van der Waals surface area contributed by atoms with Gasteiger partial charge in [-0.05, 0) is 30.7 Å². The number of nitrogens with one attached hydrogen (secondary N) is 1. The minimum Gasteiger partial charge on any atom is -0.492 e. The predicted octanol–water partition coefficient (Wildman–Crippen LogP) is 2.37.